The number of carbonyl (C=O) groups is 1. The number of hydrogen-bond donors (Lipinski definition) is 0. The van der Waals surface area contributed by atoms with Crippen LogP contribution in [0.4, 0.5) is 13.2 Å². The number of hydrogen-bond acceptors (Lipinski definition) is 2. The van der Waals surface area contributed by atoms with Crippen molar-refractivity contribution in [3.05, 3.63) is 0 Å². The third-order valence-corrected chi connectivity index (χ3v) is 3.12. The standard InChI is InChI=1S/C11H19F3N2O.C2H6/c1-4-10(17)15-5-6-16(8(2)3)9(7-15)11(12,13)14;1-2/h8-9H,4-7H2,1-3H3;1-2H3. The molecule has 0 N–H and O–H groups in total. The second-order valence-corrected chi connectivity index (χ2v) is 4.58. The van der Waals surface area contributed by atoms with Crippen molar-refractivity contribution < 1.29 is 18.0 Å². The first-order chi connectivity index (χ1) is 8.77. The Kier molecular flexibility index (Phi) is 7.41. The lowest BCUT2D eigenvalue weighted by atomic mass is 10.1. The number of amides is 1. The minimum Gasteiger partial charge on any atom is -0.340 e. The average Bonchev–Trinajstić information content (AvgIpc) is 2.38. The van der Waals surface area contributed by atoms with Gasteiger partial charge in [-0.2, -0.15) is 13.2 Å². The van der Waals surface area contributed by atoms with Crippen molar-refractivity contribution in [1.82, 2.24) is 9.80 Å². The van der Waals surface area contributed by atoms with E-state index in [0.29, 0.717) is 6.54 Å². The molecule has 0 radical (unpaired) electrons. The normalized spacial score (nSPS) is 21.1. The van der Waals surface area contributed by atoms with Gasteiger partial charge < -0.3 is 4.90 Å². The zero-order valence-electron chi connectivity index (χ0n) is 12.4. The van der Waals surface area contributed by atoms with E-state index in [9.17, 15) is 18.0 Å². The van der Waals surface area contributed by atoms with Crippen LogP contribution in [0.3, 0.4) is 0 Å². The molecule has 1 saturated heterocycles. The fraction of sp³-hybridized carbons (Fsp3) is 0.923. The molecule has 19 heavy (non-hydrogen) atoms. The maximum atomic E-state index is 12.9. The van der Waals surface area contributed by atoms with Gasteiger partial charge >= 0.3 is 6.18 Å². The van der Waals surface area contributed by atoms with Crippen molar-refractivity contribution in [2.75, 3.05) is 19.6 Å². The fourth-order valence-electron chi connectivity index (χ4n) is 2.16. The van der Waals surface area contributed by atoms with E-state index in [1.54, 1.807) is 20.8 Å². The zero-order chi connectivity index (χ0) is 15.2. The number of alkyl halides is 3. The molecule has 1 aliphatic heterocycles. The van der Waals surface area contributed by atoms with Gasteiger partial charge in [0.05, 0.1) is 0 Å². The molecule has 1 unspecified atom stereocenters. The van der Waals surface area contributed by atoms with E-state index in [-0.39, 0.29) is 31.5 Å². The summed E-state index contributed by atoms with van der Waals surface area (Å²) in [6.07, 6.45) is -4.02. The first kappa shape index (κ1) is 18.2. The Hall–Kier alpha value is -0.780. The monoisotopic (exact) mass is 282 g/mol. The van der Waals surface area contributed by atoms with E-state index in [2.05, 4.69) is 0 Å². The van der Waals surface area contributed by atoms with Crippen molar-refractivity contribution in [3.63, 3.8) is 0 Å². The average molecular weight is 282 g/mol. The number of piperazine rings is 1. The number of carbonyl (C=O) groups excluding carboxylic acids is 1. The molecule has 0 spiro atoms. The van der Waals surface area contributed by atoms with Gasteiger partial charge in [0.25, 0.3) is 0 Å². The highest BCUT2D eigenvalue weighted by atomic mass is 19.4. The van der Waals surface area contributed by atoms with Gasteiger partial charge in [-0.05, 0) is 13.8 Å². The van der Waals surface area contributed by atoms with E-state index in [1.807, 2.05) is 13.8 Å². The summed E-state index contributed by atoms with van der Waals surface area (Å²) in [5, 5.41) is 0. The Morgan fingerprint density at radius 1 is 1.26 bits per heavy atom. The molecule has 1 atom stereocenters. The summed E-state index contributed by atoms with van der Waals surface area (Å²) >= 11 is 0. The van der Waals surface area contributed by atoms with Crippen LogP contribution in [0.15, 0.2) is 0 Å². The molecular formula is C13H25F3N2O. The van der Waals surface area contributed by atoms with Crippen LogP contribution in [-0.4, -0.2) is 53.6 Å². The number of halogens is 3. The van der Waals surface area contributed by atoms with Crippen LogP contribution in [0.25, 0.3) is 0 Å². The van der Waals surface area contributed by atoms with E-state index in [4.69, 9.17) is 0 Å². The quantitative estimate of drug-likeness (QED) is 0.777. The maximum absolute atomic E-state index is 12.9. The molecule has 6 heteroatoms. The first-order valence-electron chi connectivity index (χ1n) is 6.87. The predicted octanol–water partition coefficient (Wildman–Crippen LogP) is 2.91. The van der Waals surface area contributed by atoms with Crippen molar-refractivity contribution in [2.24, 2.45) is 0 Å². The third-order valence-electron chi connectivity index (χ3n) is 3.12. The Labute approximate surface area is 113 Å². The second kappa shape index (κ2) is 7.72. The molecule has 1 aliphatic rings. The fourth-order valence-corrected chi connectivity index (χ4v) is 2.16. The summed E-state index contributed by atoms with van der Waals surface area (Å²) in [5.41, 5.74) is 0. The molecule has 1 fully saturated rings. The van der Waals surface area contributed by atoms with Crippen molar-refractivity contribution in [2.45, 2.75) is 59.3 Å². The van der Waals surface area contributed by atoms with Crippen LogP contribution in [0.2, 0.25) is 0 Å². The van der Waals surface area contributed by atoms with E-state index in [0.717, 1.165) is 0 Å². The Bertz CT molecular complexity index is 280. The summed E-state index contributed by atoms with van der Waals surface area (Å²) in [4.78, 5) is 14.2. The van der Waals surface area contributed by atoms with Gasteiger partial charge in [0.2, 0.25) is 5.91 Å². The number of nitrogens with zero attached hydrogens (tertiary/aromatic N) is 2. The molecule has 114 valence electrons. The Morgan fingerprint density at radius 2 is 1.79 bits per heavy atom. The number of rotatable bonds is 2. The highest BCUT2D eigenvalue weighted by molar-refractivity contribution is 5.76. The molecule has 1 rings (SSSR count). The maximum Gasteiger partial charge on any atom is 0.405 e. The van der Waals surface area contributed by atoms with Gasteiger partial charge in [0.15, 0.2) is 0 Å². The topological polar surface area (TPSA) is 23.6 Å². The molecule has 0 aromatic rings. The van der Waals surface area contributed by atoms with Gasteiger partial charge in [-0.25, -0.2) is 0 Å². The van der Waals surface area contributed by atoms with Crippen molar-refractivity contribution in [3.8, 4) is 0 Å². The lowest BCUT2D eigenvalue weighted by molar-refractivity contribution is -0.202. The van der Waals surface area contributed by atoms with Gasteiger partial charge in [-0.1, -0.05) is 20.8 Å². The van der Waals surface area contributed by atoms with Crippen molar-refractivity contribution >= 4 is 5.91 Å². The smallest absolute Gasteiger partial charge is 0.340 e. The van der Waals surface area contributed by atoms with Crippen LogP contribution in [0, 0.1) is 0 Å². The molecule has 0 saturated carbocycles. The summed E-state index contributed by atoms with van der Waals surface area (Å²) in [6.45, 7) is 9.59. The molecule has 0 aliphatic carbocycles. The molecule has 0 aromatic heterocycles. The van der Waals surface area contributed by atoms with Gasteiger partial charge in [0.1, 0.15) is 6.04 Å². The van der Waals surface area contributed by atoms with E-state index in [1.165, 1.54) is 9.80 Å². The van der Waals surface area contributed by atoms with Crippen LogP contribution in [0.5, 0.6) is 0 Å². The van der Waals surface area contributed by atoms with E-state index < -0.39 is 12.2 Å². The zero-order valence-corrected chi connectivity index (χ0v) is 12.4. The van der Waals surface area contributed by atoms with Crippen LogP contribution >= 0.6 is 0 Å². The summed E-state index contributed by atoms with van der Waals surface area (Å²) < 4.78 is 38.7. The minimum atomic E-state index is -4.28. The molecule has 0 bridgehead atoms. The van der Waals surface area contributed by atoms with Gasteiger partial charge in [0, 0.05) is 32.1 Å². The summed E-state index contributed by atoms with van der Waals surface area (Å²) in [6, 6.07) is -1.70. The highest BCUT2D eigenvalue weighted by Crippen LogP contribution is 2.29. The Balaban J connectivity index is 0.00000154. The minimum absolute atomic E-state index is 0.166. The molecular weight excluding hydrogens is 257 g/mol. The Morgan fingerprint density at radius 3 is 2.16 bits per heavy atom. The summed E-state index contributed by atoms with van der Waals surface area (Å²) in [7, 11) is 0. The van der Waals surface area contributed by atoms with Crippen LogP contribution in [0.1, 0.15) is 41.0 Å². The van der Waals surface area contributed by atoms with E-state index >= 15 is 0 Å². The van der Waals surface area contributed by atoms with Gasteiger partial charge in [-0.15, -0.1) is 0 Å². The third kappa shape index (κ3) is 5.01. The summed E-state index contributed by atoms with van der Waals surface area (Å²) in [5.74, 6) is -0.206. The van der Waals surface area contributed by atoms with Crippen LogP contribution in [-0.2, 0) is 4.79 Å². The largest absolute Gasteiger partial charge is 0.405 e. The lowest BCUT2D eigenvalue weighted by Crippen LogP contribution is -2.61. The molecule has 3 nitrogen and oxygen atoms in total. The highest BCUT2D eigenvalue weighted by Gasteiger charge is 2.47. The van der Waals surface area contributed by atoms with Crippen molar-refractivity contribution in [1.29, 1.82) is 0 Å². The first-order valence-corrected chi connectivity index (χ1v) is 6.87. The molecule has 0 aromatic carbocycles. The SMILES string of the molecule is CC.CCC(=O)N1CCN(C(C)C)C(C(F)(F)F)C1. The second-order valence-electron chi connectivity index (χ2n) is 4.58. The molecule has 1 heterocycles. The predicted molar refractivity (Wildman–Crippen MR) is 69.9 cm³/mol. The van der Waals surface area contributed by atoms with Gasteiger partial charge in [-0.3, -0.25) is 9.69 Å². The van der Waals surface area contributed by atoms with Crippen LogP contribution < -0.4 is 0 Å². The molecule has 1 amide bonds. The lowest BCUT2D eigenvalue weighted by Gasteiger charge is -2.44.